The first-order valence-electron chi connectivity index (χ1n) is 5.87. The van der Waals surface area contributed by atoms with E-state index in [1.165, 1.54) is 10.0 Å². The Kier molecular flexibility index (Phi) is 3.67. The van der Waals surface area contributed by atoms with Gasteiger partial charge >= 0.3 is 0 Å². The monoisotopic (exact) mass is 282 g/mol. The van der Waals surface area contributed by atoms with Gasteiger partial charge in [-0.05, 0) is 31.9 Å². The number of rotatable bonds is 2. The lowest BCUT2D eigenvalue weighted by Crippen LogP contribution is -2.36. The Labute approximate surface area is 106 Å². The summed E-state index contributed by atoms with van der Waals surface area (Å²) in [4.78, 5) is 2.49. The van der Waals surface area contributed by atoms with Crippen molar-refractivity contribution in [2.75, 3.05) is 6.54 Å². The fourth-order valence-electron chi connectivity index (χ4n) is 2.54. The molecule has 16 heavy (non-hydrogen) atoms. The van der Waals surface area contributed by atoms with E-state index in [1.807, 2.05) is 6.07 Å². The van der Waals surface area contributed by atoms with Crippen molar-refractivity contribution in [3.8, 4) is 0 Å². The third-order valence-electron chi connectivity index (χ3n) is 3.37. The Morgan fingerprint density at radius 1 is 1.38 bits per heavy atom. The van der Waals surface area contributed by atoms with Crippen LogP contribution in [-0.2, 0) is 0 Å². The lowest BCUT2D eigenvalue weighted by Gasteiger charge is -2.31. The van der Waals surface area contributed by atoms with Crippen molar-refractivity contribution in [1.29, 1.82) is 0 Å². The van der Waals surface area contributed by atoms with Crippen LogP contribution >= 0.6 is 15.9 Å². The molecule has 2 atom stereocenters. The largest absolute Gasteiger partial charge is 0.326 e. The molecule has 1 aromatic rings. The standard InChI is InChI=1S/C13H19BrN2/c1-9(2)16-8-7-12(15)13(16)10-5-3-4-6-11(10)14/h3-6,9,12-13H,7-8,15H2,1-2H3. The molecular weight excluding hydrogens is 264 g/mol. The first-order valence-corrected chi connectivity index (χ1v) is 6.66. The van der Waals surface area contributed by atoms with Crippen LogP contribution in [0.15, 0.2) is 28.7 Å². The number of hydrogen-bond donors (Lipinski definition) is 1. The molecule has 2 rings (SSSR count). The molecule has 0 bridgehead atoms. The van der Waals surface area contributed by atoms with Crippen molar-refractivity contribution in [2.24, 2.45) is 5.73 Å². The van der Waals surface area contributed by atoms with E-state index >= 15 is 0 Å². The maximum Gasteiger partial charge on any atom is 0.0513 e. The quantitative estimate of drug-likeness (QED) is 0.904. The summed E-state index contributed by atoms with van der Waals surface area (Å²) in [5.74, 6) is 0. The molecule has 2 unspecified atom stereocenters. The third kappa shape index (κ3) is 2.17. The van der Waals surface area contributed by atoms with E-state index in [1.54, 1.807) is 0 Å². The first kappa shape index (κ1) is 12.1. The highest BCUT2D eigenvalue weighted by molar-refractivity contribution is 9.10. The molecule has 0 spiro atoms. The van der Waals surface area contributed by atoms with E-state index in [2.05, 4.69) is 52.9 Å². The predicted molar refractivity (Wildman–Crippen MR) is 71.3 cm³/mol. The number of hydrogen-bond acceptors (Lipinski definition) is 2. The highest BCUT2D eigenvalue weighted by Gasteiger charge is 2.35. The van der Waals surface area contributed by atoms with Gasteiger partial charge in [-0.15, -0.1) is 0 Å². The maximum atomic E-state index is 6.25. The third-order valence-corrected chi connectivity index (χ3v) is 4.09. The number of likely N-dealkylation sites (tertiary alicyclic amines) is 1. The Morgan fingerprint density at radius 2 is 2.06 bits per heavy atom. The molecule has 1 aliphatic heterocycles. The van der Waals surface area contributed by atoms with Gasteiger partial charge in [0.2, 0.25) is 0 Å². The Balaban J connectivity index is 2.34. The van der Waals surface area contributed by atoms with Gasteiger partial charge < -0.3 is 5.73 Å². The average Bonchev–Trinajstić information content (AvgIpc) is 2.61. The molecule has 0 amide bonds. The van der Waals surface area contributed by atoms with Crippen molar-refractivity contribution >= 4 is 15.9 Å². The van der Waals surface area contributed by atoms with Gasteiger partial charge in [0.05, 0.1) is 6.04 Å². The zero-order valence-electron chi connectivity index (χ0n) is 9.86. The molecule has 1 saturated heterocycles. The normalized spacial score (nSPS) is 26.6. The van der Waals surface area contributed by atoms with Crippen molar-refractivity contribution < 1.29 is 0 Å². The molecular formula is C13H19BrN2. The molecule has 1 heterocycles. The SMILES string of the molecule is CC(C)N1CCC(N)C1c1ccccc1Br. The van der Waals surface area contributed by atoms with E-state index in [-0.39, 0.29) is 6.04 Å². The number of halogens is 1. The topological polar surface area (TPSA) is 29.3 Å². The van der Waals surface area contributed by atoms with E-state index in [9.17, 15) is 0 Å². The molecule has 1 aromatic carbocycles. The van der Waals surface area contributed by atoms with Crippen LogP contribution in [0.5, 0.6) is 0 Å². The van der Waals surface area contributed by atoms with Crippen LogP contribution < -0.4 is 5.73 Å². The Hall–Kier alpha value is -0.380. The fraction of sp³-hybridized carbons (Fsp3) is 0.538. The summed E-state index contributed by atoms with van der Waals surface area (Å²) < 4.78 is 1.17. The molecule has 1 aliphatic rings. The van der Waals surface area contributed by atoms with Crippen molar-refractivity contribution in [2.45, 2.75) is 38.4 Å². The lowest BCUT2D eigenvalue weighted by atomic mass is 10.0. The molecule has 2 nitrogen and oxygen atoms in total. The molecule has 3 heteroatoms. The first-order chi connectivity index (χ1) is 7.61. The smallest absolute Gasteiger partial charge is 0.0513 e. The van der Waals surface area contributed by atoms with E-state index < -0.39 is 0 Å². The number of benzene rings is 1. The maximum absolute atomic E-state index is 6.25. The minimum atomic E-state index is 0.251. The predicted octanol–water partition coefficient (Wildman–Crippen LogP) is 2.93. The number of nitrogens with zero attached hydrogens (tertiary/aromatic N) is 1. The van der Waals surface area contributed by atoms with Gasteiger partial charge in [0.15, 0.2) is 0 Å². The molecule has 0 aromatic heterocycles. The molecule has 0 radical (unpaired) electrons. The van der Waals surface area contributed by atoms with Gasteiger partial charge in [-0.3, -0.25) is 4.90 Å². The summed E-state index contributed by atoms with van der Waals surface area (Å²) in [6.07, 6.45) is 1.09. The second-order valence-corrected chi connectivity index (χ2v) is 5.60. The average molecular weight is 283 g/mol. The van der Waals surface area contributed by atoms with Gasteiger partial charge in [-0.2, -0.15) is 0 Å². The Bertz CT molecular complexity index is 365. The summed E-state index contributed by atoms with van der Waals surface area (Å²) in [6, 6.07) is 9.56. The fourth-order valence-corrected chi connectivity index (χ4v) is 3.06. The number of nitrogens with two attached hydrogens (primary N) is 1. The van der Waals surface area contributed by atoms with Gasteiger partial charge in [0.25, 0.3) is 0 Å². The Morgan fingerprint density at radius 3 is 2.69 bits per heavy atom. The van der Waals surface area contributed by atoms with Crippen LogP contribution in [0.25, 0.3) is 0 Å². The zero-order valence-corrected chi connectivity index (χ0v) is 11.4. The van der Waals surface area contributed by atoms with Crippen LogP contribution in [0, 0.1) is 0 Å². The second kappa shape index (κ2) is 4.86. The van der Waals surface area contributed by atoms with Crippen LogP contribution in [0.1, 0.15) is 31.9 Å². The minimum Gasteiger partial charge on any atom is -0.326 e. The van der Waals surface area contributed by atoms with E-state index in [0.29, 0.717) is 12.1 Å². The summed E-state index contributed by atoms with van der Waals surface area (Å²) in [6.45, 7) is 5.58. The van der Waals surface area contributed by atoms with Crippen LogP contribution in [0.4, 0.5) is 0 Å². The van der Waals surface area contributed by atoms with Crippen molar-refractivity contribution in [3.63, 3.8) is 0 Å². The van der Waals surface area contributed by atoms with Crippen molar-refractivity contribution in [1.82, 2.24) is 4.90 Å². The summed E-state index contributed by atoms with van der Waals surface area (Å²) in [5, 5.41) is 0. The van der Waals surface area contributed by atoms with E-state index in [0.717, 1.165) is 13.0 Å². The lowest BCUT2D eigenvalue weighted by molar-refractivity contribution is 0.197. The van der Waals surface area contributed by atoms with Crippen LogP contribution in [0.3, 0.4) is 0 Å². The molecule has 88 valence electrons. The van der Waals surface area contributed by atoms with Crippen LogP contribution in [-0.4, -0.2) is 23.5 Å². The van der Waals surface area contributed by atoms with Gasteiger partial charge in [-0.1, -0.05) is 34.1 Å². The molecule has 0 saturated carbocycles. The molecule has 0 aliphatic carbocycles. The van der Waals surface area contributed by atoms with Gasteiger partial charge in [0, 0.05) is 23.1 Å². The van der Waals surface area contributed by atoms with Gasteiger partial charge in [0.1, 0.15) is 0 Å². The highest BCUT2D eigenvalue weighted by atomic mass is 79.9. The second-order valence-electron chi connectivity index (χ2n) is 4.75. The van der Waals surface area contributed by atoms with E-state index in [4.69, 9.17) is 5.73 Å². The van der Waals surface area contributed by atoms with Gasteiger partial charge in [-0.25, -0.2) is 0 Å². The highest BCUT2D eigenvalue weighted by Crippen LogP contribution is 2.36. The molecule has 2 N–H and O–H groups in total. The van der Waals surface area contributed by atoms with Crippen molar-refractivity contribution in [3.05, 3.63) is 34.3 Å². The van der Waals surface area contributed by atoms with Crippen LogP contribution in [0.2, 0.25) is 0 Å². The zero-order chi connectivity index (χ0) is 11.7. The summed E-state index contributed by atoms with van der Waals surface area (Å²) >= 11 is 3.63. The summed E-state index contributed by atoms with van der Waals surface area (Å²) in [5.41, 5.74) is 7.57. The minimum absolute atomic E-state index is 0.251. The summed E-state index contributed by atoms with van der Waals surface area (Å²) in [7, 11) is 0. The molecule has 1 fully saturated rings.